The summed E-state index contributed by atoms with van der Waals surface area (Å²) < 4.78 is 0. The quantitative estimate of drug-likeness (QED) is 0.453. The van der Waals surface area contributed by atoms with Crippen LogP contribution in [0.3, 0.4) is 0 Å². The van der Waals surface area contributed by atoms with Crippen LogP contribution >= 0.6 is 0 Å². The van der Waals surface area contributed by atoms with Crippen molar-refractivity contribution in [3.8, 4) is 0 Å². The van der Waals surface area contributed by atoms with Gasteiger partial charge in [-0.2, -0.15) is 0 Å². The zero-order valence-electron chi connectivity index (χ0n) is 3.97. The summed E-state index contributed by atoms with van der Waals surface area (Å²) in [5.41, 5.74) is -0.981. The Morgan fingerprint density at radius 1 is 1.12 bits per heavy atom. The van der Waals surface area contributed by atoms with E-state index >= 15 is 0 Å². The average Bonchev–Trinajstić information content (AvgIpc) is 1.98. The van der Waals surface area contributed by atoms with Crippen molar-refractivity contribution in [2.45, 2.75) is 0 Å². The molecule has 0 unspecified atom stereocenters. The van der Waals surface area contributed by atoms with Crippen LogP contribution in [0, 0.1) is 5.41 Å². The average molecular weight is 109 g/mol. The van der Waals surface area contributed by atoms with Crippen molar-refractivity contribution in [2.75, 3.05) is 0 Å². The molecular weight excluding hydrogens is 106 g/mol. The molecule has 0 aliphatic heterocycles. The molecule has 1 rings (SSSR count). The third-order valence-electron chi connectivity index (χ3n) is 0.879. The lowest BCUT2D eigenvalue weighted by molar-refractivity contribution is 1.23. The Bertz CT molecular complexity index is 288. The van der Waals surface area contributed by atoms with Crippen LogP contribution < -0.4 is 16.2 Å². The van der Waals surface area contributed by atoms with Crippen molar-refractivity contribution < 1.29 is 0 Å². The van der Waals surface area contributed by atoms with Gasteiger partial charge in [-0.05, 0) is 12.1 Å². The topological polar surface area (TPSA) is 58.0 Å². The third kappa shape index (κ3) is 0.484. The molecule has 3 heteroatoms. The Kier molecular flexibility index (Phi) is 0.836. The van der Waals surface area contributed by atoms with E-state index in [1.54, 1.807) is 0 Å². The van der Waals surface area contributed by atoms with E-state index in [1.165, 1.54) is 0 Å². The fraction of sp³-hybridized carbons (Fsp3) is 0. The van der Waals surface area contributed by atoms with Gasteiger partial charge >= 0.3 is 0 Å². The maximum Gasteiger partial charge on any atom is 0.207 e. The molecule has 0 spiro atoms. The normalized spacial score (nSPS) is 9.50. The minimum atomic E-state index is -0.491. The summed E-state index contributed by atoms with van der Waals surface area (Å²) in [5.74, 6) is 0. The summed E-state index contributed by atoms with van der Waals surface area (Å²) in [6.07, 6.45) is 0. The predicted molar refractivity (Wildman–Crippen MR) is 27.2 cm³/mol. The van der Waals surface area contributed by atoms with Crippen LogP contribution in [0.2, 0.25) is 0 Å². The van der Waals surface area contributed by atoms with Crippen LogP contribution in [0.1, 0.15) is 0 Å². The minimum absolute atomic E-state index is 0.426. The third-order valence-corrected chi connectivity index (χ3v) is 0.879. The molecule has 0 saturated carbocycles. The largest absolute Gasteiger partial charge is 0.293 e. The highest BCUT2D eigenvalue weighted by molar-refractivity contribution is 5.00. The molecule has 0 fully saturated rings. The molecule has 1 aromatic rings. The molecule has 40 valence electrons. The van der Waals surface area contributed by atoms with Gasteiger partial charge in [-0.15, -0.1) is 0 Å². The summed E-state index contributed by atoms with van der Waals surface area (Å²) >= 11 is 0. The maximum absolute atomic E-state index is 10.3. The van der Waals surface area contributed by atoms with Gasteiger partial charge in [-0.1, -0.05) is 0 Å². The molecule has 0 aliphatic carbocycles. The van der Waals surface area contributed by atoms with Gasteiger partial charge in [0.25, 0.3) is 0 Å². The van der Waals surface area contributed by atoms with Crippen molar-refractivity contribution in [3.63, 3.8) is 0 Å². The van der Waals surface area contributed by atoms with Crippen molar-refractivity contribution in [2.24, 2.45) is 0 Å². The highest BCUT2D eigenvalue weighted by Crippen LogP contribution is 1.51. The number of hydrogen-bond donors (Lipinski definition) is 1. The lowest BCUT2D eigenvalue weighted by atomic mass is 10.6. The Balaban J connectivity index is 3.94. The molecule has 0 heterocycles. The van der Waals surface area contributed by atoms with E-state index in [1.807, 2.05) is 0 Å². The van der Waals surface area contributed by atoms with E-state index in [0.717, 1.165) is 12.1 Å². The van der Waals surface area contributed by atoms with Gasteiger partial charge < -0.3 is 0 Å². The predicted octanol–water partition coefficient (Wildman–Crippen LogP) is -1.24. The first-order valence-corrected chi connectivity index (χ1v) is 2.07. The minimum Gasteiger partial charge on any atom is -0.293 e. The number of nitrogens with one attached hydrogen (secondary N) is 1. The van der Waals surface area contributed by atoms with Crippen LogP contribution in [0.5, 0.6) is 0 Å². The highest BCUT2D eigenvalue weighted by atomic mass is 16.1. The first-order chi connectivity index (χ1) is 3.72. The molecule has 1 N–H and O–H groups in total. The zero-order valence-corrected chi connectivity index (χ0v) is 3.97. The van der Waals surface area contributed by atoms with E-state index in [2.05, 4.69) is 0 Å². The zero-order chi connectivity index (χ0) is 6.15. The fourth-order valence-corrected chi connectivity index (χ4v) is 0.439. The molecule has 3 nitrogen and oxygen atoms in total. The van der Waals surface area contributed by atoms with Crippen LogP contribution in [0.25, 0.3) is 0 Å². The smallest absolute Gasteiger partial charge is 0.207 e. The van der Waals surface area contributed by atoms with Gasteiger partial charge in [0.15, 0.2) is 0 Å². The van der Waals surface area contributed by atoms with E-state index < -0.39 is 16.2 Å². The number of rotatable bonds is 0. The van der Waals surface area contributed by atoms with E-state index in [4.69, 9.17) is 5.41 Å². The van der Waals surface area contributed by atoms with Crippen LogP contribution in [0.15, 0.2) is 21.7 Å². The second-order valence-electron chi connectivity index (χ2n) is 1.44. The Hall–Kier alpha value is -1.25. The van der Waals surface area contributed by atoms with Crippen molar-refractivity contribution >= 4 is 0 Å². The first-order valence-electron chi connectivity index (χ1n) is 2.07. The molecule has 0 atom stereocenters. The number of hydrogen-bond acceptors (Lipinski definition) is 3. The molecular formula is C5H3NO2. The van der Waals surface area contributed by atoms with Gasteiger partial charge in [0.1, 0.15) is 5.36 Å². The second kappa shape index (κ2) is 1.36. The maximum atomic E-state index is 10.3. The molecule has 0 aliphatic rings. The van der Waals surface area contributed by atoms with Gasteiger partial charge in [0.2, 0.25) is 10.9 Å². The molecule has 8 heavy (non-hydrogen) atoms. The van der Waals surface area contributed by atoms with Gasteiger partial charge in [-0.25, -0.2) is 0 Å². The standard InChI is InChI=1S/C5H3NO2/c6-5-3(7)1-2-4(5)8/h1-2,6H. The second-order valence-corrected chi connectivity index (χ2v) is 1.44. The lowest BCUT2D eigenvalue weighted by Gasteiger charge is -1.53. The molecule has 0 aromatic heterocycles. The summed E-state index contributed by atoms with van der Waals surface area (Å²) in [6.45, 7) is 0. The molecule has 0 bridgehead atoms. The fourth-order valence-electron chi connectivity index (χ4n) is 0.439. The van der Waals surface area contributed by atoms with Crippen LogP contribution in [-0.4, -0.2) is 0 Å². The summed E-state index contributed by atoms with van der Waals surface area (Å²) in [7, 11) is 0. The highest BCUT2D eigenvalue weighted by Gasteiger charge is 1.91. The van der Waals surface area contributed by atoms with Crippen LogP contribution in [0.4, 0.5) is 0 Å². The molecule has 0 radical (unpaired) electrons. The van der Waals surface area contributed by atoms with Crippen molar-refractivity contribution in [1.82, 2.24) is 0 Å². The van der Waals surface area contributed by atoms with Gasteiger partial charge in [0.05, 0.1) is 0 Å². The van der Waals surface area contributed by atoms with E-state index in [-0.39, 0.29) is 0 Å². The monoisotopic (exact) mass is 109 g/mol. The lowest BCUT2D eigenvalue weighted by Crippen LogP contribution is -2.29. The molecule has 0 saturated heterocycles. The summed E-state index contributed by atoms with van der Waals surface area (Å²) in [6, 6.07) is 2.20. The molecule has 0 amide bonds. The summed E-state index contributed by atoms with van der Waals surface area (Å²) in [4.78, 5) is 20.5. The van der Waals surface area contributed by atoms with E-state index in [9.17, 15) is 9.59 Å². The van der Waals surface area contributed by atoms with E-state index in [0.29, 0.717) is 0 Å². The van der Waals surface area contributed by atoms with Crippen LogP contribution in [-0.2, 0) is 0 Å². The summed E-state index contributed by atoms with van der Waals surface area (Å²) in [5, 5.41) is 6.27. The van der Waals surface area contributed by atoms with Gasteiger partial charge in [0, 0.05) is 0 Å². The SMILES string of the molecule is N=c1c(=O)ccc1=O. The Morgan fingerprint density at radius 2 is 1.50 bits per heavy atom. The van der Waals surface area contributed by atoms with Crippen molar-refractivity contribution in [3.05, 3.63) is 37.9 Å². The Morgan fingerprint density at radius 3 is 1.62 bits per heavy atom. The van der Waals surface area contributed by atoms with Crippen molar-refractivity contribution in [1.29, 1.82) is 5.41 Å². The molecule has 1 aromatic carbocycles. The first kappa shape index (κ1) is 4.90. The van der Waals surface area contributed by atoms with Gasteiger partial charge in [-0.3, -0.25) is 15.0 Å². The Labute approximate surface area is 44.4 Å².